The van der Waals surface area contributed by atoms with Crippen LogP contribution in [0.2, 0.25) is 0 Å². The highest BCUT2D eigenvalue weighted by Gasteiger charge is 2.52. The Hall–Kier alpha value is -8.70. The van der Waals surface area contributed by atoms with E-state index in [2.05, 4.69) is 202 Å². The Morgan fingerprint density at radius 1 is 0.373 bits per heavy atom. The highest BCUT2D eigenvalue weighted by molar-refractivity contribution is 7.99. The van der Waals surface area contributed by atoms with E-state index in [0.29, 0.717) is 5.56 Å². The van der Waals surface area contributed by atoms with Gasteiger partial charge in [-0.05, 0) is 96.1 Å². The Labute approximate surface area is 388 Å². The third kappa shape index (κ3) is 4.79. The summed E-state index contributed by atoms with van der Waals surface area (Å²) in [6, 6.07) is 72.4. The molecular weight excluding hydrogens is 837 g/mol. The molecule has 1 unspecified atom stereocenters. The molecule has 8 aromatic carbocycles. The van der Waals surface area contributed by atoms with Crippen molar-refractivity contribution in [2.45, 2.75) is 15.2 Å². The minimum atomic E-state index is -0.825. The number of hydrogen-bond acceptors (Lipinski definition) is 4. The standard InChI is InChI=1S/C60H34N6S/c61-33-36-25-27-55-45(29-36)44-17-5-11-23-54(44)66(55)39-32-49-59(63-35-39)58-48(31-38(34-62-58)65-52-21-9-3-15-42(52)43-16-4-10-22-53(43)65)60(49)46-18-6-12-24-56(46)67-57-28-26-37(30-47(57)60)64-50-19-7-1-13-40(50)41-14-2-8-20-51(41)64/h1-32,34-35H. The summed E-state index contributed by atoms with van der Waals surface area (Å²) in [6.07, 6.45) is 4.04. The van der Waals surface area contributed by atoms with Crippen molar-refractivity contribution in [2.75, 3.05) is 0 Å². The van der Waals surface area contributed by atoms with Crippen LogP contribution in [0.3, 0.4) is 0 Å². The van der Waals surface area contributed by atoms with Crippen LogP contribution in [0.1, 0.15) is 27.8 Å². The van der Waals surface area contributed by atoms with Crippen LogP contribution in [-0.4, -0.2) is 23.7 Å². The Balaban J connectivity index is 1.08. The molecule has 0 bridgehead atoms. The van der Waals surface area contributed by atoms with Gasteiger partial charge in [0.05, 0.1) is 85.3 Å². The predicted molar refractivity (Wildman–Crippen MR) is 271 cm³/mol. The van der Waals surface area contributed by atoms with Crippen molar-refractivity contribution in [3.63, 3.8) is 0 Å². The van der Waals surface area contributed by atoms with Crippen molar-refractivity contribution >= 4 is 77.2 Å². The van der Waals surface area contributed by atoms with Gasteiger partial charge >= 0.3 is 0 Å². The number of hydrogen-bond donors (Lipinski definition) is 0. The van der Waals surface area contributed by atoms with E-state index in [-0.39, 0.29) is 0 Å². The van der Waals surface area contributed by atoms with Crippen LogP contribution in [0.4, 0.5) is 0 Å². The lowest BCUT2D eigenvalue weighted by Gasteiger charge is -2.39. The first-order chi connectivity index (χ1) is 33.2. The molecule has 0 fully saturated rings. The molecule has 0 saturated carbocycles. The first-order valence-electron chi connectivity index (χ1n) is 22.5. The lowest BCUT2D eigenvalue weighted by Crippen LogP contribution is -2.32. The van der Waals surface area contributed by atoms with Crippen LogP contribution in [0.15, 0.2) is 216 Å². The molecule has 7 heteroatoms. The maximum atomic E-state index is 9.98. The fraction of sp³-hybridized carbons (Fsp3) is 0.0167. The highest BCUT2D eigenvalue weighted by atomic mass is 32.2. The minimum absolute atomic E-state index is 0.633. The molecule has 1 spiro atoms. The van der Waals surface area contributed by atoms with Crippen LogP contribution in [0, 0.1) is 11.3 Å². The zero-order chi connectivity index (χ0) is 44.0. The van der Waals surface area contributed by atoms with E-state index in [1.807, 2.05) is 36.3 Å². The molecule has 1 aliphatic carbocycles. The molecule has 6 heterocycles. The van der Waals surface area contributed by atoms with Gasteiger partial charge in [0.1, 0.15) is 0 Å². The molecule has 5 aromatic heterocycles. The third-order valence-corrected chi connectivity index (χ3v) is 15.5. The first kappa shape index (κ1) is 36.6. The molecule has 1 aliphatic heterocycles. The van der Waals surface area contributed by atoms with Gasteiger partial charge in [-0.3, -0.25) is 9.97 Å². The van der Waals surface area contributed by atoms with Crippen molar-refractivity contribution in [3.05, 3.63) is 234 Å². The molecule has 0 radical (unpaired) electrons. The van der Waals surface area contributed by atoms with Crippen molar-refractivity contribution in [3.8, 4) is 34.5 Å². The largest absolute Gasteiger partial charge is 0.309 e. The average molecular weight is 871 g/mol. The zero-order valence-corrected chi connectivity index (χ0v) is 36.5. The minimum Gasteiger partial charge on any atom is -0.309 e. The summed E-state index contributed by atoms with van der Waals surface area (Å²) in [4.78, 5) is 13.4. The van der Waals surface area contributed by atoms with E-state index in [9.17, 15) is 5.26 Å². The Kier molecular flexibility index (Phi) is 7.34. The summed E-state index contributed by atoms with van der Waals surface area (Å²) in [5.41, 5.74) is 15.8. The molecule has 0 amide bonds. The molecule has 67 heavy (non-hydrogen) atoms. The second-order valence-electron chi connectivity index (χ2n) is 17.6. The van der Waals surface area contributed by atoms with Crippen molar-refractivity contribution in [1.29, 1.82) is 5.26 Å². The van der Waals surface area contributed by atoms with Gasteiger partial charge in [0, 0.05) is 58.9 Å². The summed E-state index contributed by atoms with van der Waals surface area (Å²) < 4.78 is 7.11. The van der Waals surface area contributed by atoms with E-state index in [4.69, 9.17) is 9.97 Å². The summed E-state index contributed by atoms with van der Waals surface area (Å²) >= 11 is 1.83. The fourth-order valence-corrected chi connectivity index (χ4v) is 12.9. The van der Waals surface area contributed by atoms with E-state index in [1.54, 1.807) is 0 Å². The summed E-state index contributed by atoms with van der Waals surface area (Å²) in [5, 5.41) is 17.0. The molecule has 6 nitrogen and oxygen atoms in total. The second-order valence-corrected chi connectivity index (χ2v) is 18.7. The van der Waals surface area contributed by atoms with Gasteiger partial charge in [-0.25, -0.2) is 0 Å². The van der Waals surface area contributed by atoms with Crippen LogP contribution >= 0.6 is 11.8 Å². The molecule has 15 rings (SSSR count). The molecule has 310 valence electrons. The van der Waals surface area contributed by atoms with Gasteiger partial charge < -0.3 is 13.7 Å². The fourth-order valence-electron chi connectivity index (χ4n) is 11.7. The van der Waals surface area contributed by atoms with Gasteiger partial charge in [-0.2, -0.15) is 5.26 Å². The lowest BCUT2D eigenvalue weighted by atomic mass is 9.67. The van der Waals surface area contributed by atoms with Gasteiger partial charge in [0.15, 0.2) is 0 Å². The SMILES string of the molecule is N#Cc1ccc2c(c1)c1ccccc1n2-c1cnc2c(c1)C1(c3ccccc3Sc3ccc(-n4c5ccccc5c5ccccc54)cc31)c1cc(-n3c4ccccc4c4ccccc43)cnc1-2. The third-order valence-electron chi connectivity index (χ3n) is 14.4. The van der Waals surface area contributed by atoms with Crippen LogP contribution < -0.4 is 0 Å². The van der Waals surface area contributed by atoms with E-state index >= 15 is 0 Å². The van der Waals surface area contributed by atoms with Crippen molar-refractivity contribution in [2.24, 2.45) is 0 Å². The van der Waals surface area contributed by atoms with Gasteiger partial charge in [-0.1, -0.05) is 121 Å². The smallest absolute Gasteiger partial charge is 0.0991 e. The number of nitriles is 1. The molecule has 0 N–H and O–H groups in total. The maximum absolute atomic E-state index is 9.98. The molecule has 13 aromatic rings. The lowest BCUT2D eigenvalue weighted by molar-refractivity contribution is 0.717. The van der Waals surface area contributed by atoms with Gasteiger partial charge in [0.2, 0.25) is 0 Å². The van der Waals surface area contributed by atoms with Crippen LogP contribution in [0.25, 0.3) is 93.9 Å². The summed E-state index contributed by atoms with van der Waals surface area (Å²) in [5.74, 6) is 0. The maximum Gasteiger partial charge on any atom is 0.0991 e. The Bertz CT molecular complexity index is 4250. The summed E-state index contributed by atoms with van der Waals surface area (Å²) in [7, 11) is 0. The second kappa shape index (κ2) is 13.4. The number of para-hydroxylation sites is 5. The number of rotatable bonds is 3. The number of pyridine rings is 2. The number of fused-ring (bicyclic) bond motifs is 18. The van der Waals surface area contributed by atoms with E-state index in [1.165, 1.54) is 53.5 Å². The van der Waals surface area contributed by atoms with Crippen LogP contribution in [0.5, 0.6) is 0 Å². The Morgan fingerprint density at radius 3 is 1.31 bits per heavy atom. The molecule has 0 saturated heterocycles. The van der Waals surface area contributed by atoms with Crippen LogP contribution in [-0.2, 0) is 5.41 Å². The Morgan fingerprint density at radius 2 is 0.791 bits per heavy atom. The molecular formula is C60H34N6S. The summed E-state index contributed by atoms with van der Waals surface area (Å²) in [6.45, 7) is 0. The van der Waals surface area contributed by atoms with Crippen molar-refractivity contribution in [1.82, 2.24) is 23.7 Å². The quantitative estimate of drug-likeness (QED) is 0.177. The van der Waals surface area contributed by atoms with Crippen molar-refractivity contribution < 1.29 is 0 Å². The highest BCUT2D eigenvalue weighted by Crippen LogP contribution is 2.62. The van der Waals surface area contributed by atoms with E-state index < -0.39 is 5.41 Å². The number of nitrogens with zero attached hydrogens (tertiary/aromatic N) is 6. The topological polar surface area (TPSA) is 64.4 Å². The number of aromatic nitrogens is 5. The zero-order valence-electron chi connectivity index (χ0n) is 35.7. The monoisotopic (exact) mass is 870 g/mol. The normalized spacial score (nSPS) is 14.9. The van der Waals surface area contributed by atoms with E-state index in [0.717, 1.165) is 72.4 Å². The molecule has 2 aliphatic rings. The average Bonchev–Trinajstić information content (AvgIpc) is 4.10. The van der Waals surface area contributed by atoms with Gasteiger partial charge in [0.25, 0.3) is 0 Å². The molecule has 1 atom stereocenters. The number of benzene rings is 8. The van der Waals surface area contributed by atoms with Gasteiger partial charge in [-0.15, -0.1) is 0 Å². The predicted octanol–water partition coefficient (Wildman–Crippen LogP) is 14.5. The first-order valence-corrected chi connectivity index (χ1v) is 23.3.